The predicted molar refractivity (Wildman–Crippen MR) is 75.9 cm³/mol. The van der Waals surface area contributed by atoms with E-state index in [-0.39, 0.29) is 23.9 Å². The Kier molecular flexibility index (Phi) is 4.49. The minimum Gasteiger partial charge on any atom is -0.353 e. The van der Waals surface area contributed by atoms with Gasteiger partial charge in [0.15, 0.2) is 0 Å². The molecule has 0 spiro atoms. The zero-order valence-electron chi connectivity index (χ0n) is 11.5. The number of nitrogens with one attached hydrogen (secondary N) is 3. The summed E-state index contributed by atoms with van der Waals surface area (Å²) in [7, 11) is 0. The molecule has 3 N–H and O–H groups in total. The molecule has 1 aliphatic rings. The molecule has 1 aliphatic heterocycles. The Hall–Kier alpha value is -2.48. The van der Waals surface area contributed by atoms with Gasteiger partial charge in [0.2, 0.25) is 11.8 Å². The number of aryl methyl sites for hydroxylation is 1. The van der Waals surface area contributed by atoms with Crippen LogP contribution >= 0.6 is 0 Å². The number of carbonyl (C=O) groups is 2. The van der Waals surface area contributed by atoms with Gasteiger partial charge in [-0.05, 0) is 12.5 Å². The second kappa shape index (κ2) is 6.31. The first-order valence-electron chi connectivity index (χ1n) is 6.53. The van der Waals surface area contributed by atoms with Gasteiger partial charge in [0, 0.05) is 25.2 Å². The van der Waals surface area contributed by atoms with Crippen molar-refractivity contribution in [1.29, 1.82) is 0 Å². The van der Waals surface area contributed by atoms with Crippen molar-refractivity contribution in [1.82, 2.24) is 10.6 Å². The summed E-state index contributed by atoms with van der Waals surface area (Å²) in [4.78, 5) is 33.7. The summed E-state index contributed by atoms with van der Waals surface area (Å²) in [6.45, 7) is 2.89. The number of benzene rings is 1. The average Bonchev–Trinajstić information content (AvgIpc) is 2.43. The van der Waals surface area contributed by atoms with Crippen LogP contribution in [-0.4, -0.2) is 35.9 Å². The highest BCUT2D eigenvalue weighted by Gasteiger charge is 2.24. The van der Waals surface area contributed by atoms with Gasteiger partial charge in [-0.3, -0.25) is 19.7 Å². The van der Waals surface area contributed by atoms with Crippen LogP contribution in [-0.2, 0) is 9.59 Å². The van der Waals surface area contributed by atoms with Gasteiger partial charge in [-0.1, -0.05) is 6.07 Å². The number of amides is 2. The topological polar surface area (TPSA) is 113 Å². The largest absolute Gasteiger partial charge is 0.353 e. The molecule has 0 aliphatic carbocycles. The van der Waals surface area contributed by atoms with Crippen LogP contribution in [0, 0.1) is 17.0 Å². The molecular formula is C13H16N4O4. The van der Waals surface area contributed by atoms with E-state index in [1.165, 1.54) is 12.1 Å². The molecule has 1 saturated heterocycles. The molecule has 1 aromatic rings. The fourth-order valence-electron chi connectivity index (χ4n) is 2.06. The minimum absolute atomic E-state index is 0.0199. The maximum atomic E-state index is 12.0. The first kappa shape index (κ1) is 14.9. The smallest absolute Gasteiger partial charge is 0.271 e. The fourth-order valence-corrected chi connectivity index (χ4v) is 2.06. The van der Waals surface area contributed by atoms with E-state index in [0.29, 0.717) is 18.8 Å². The maximum Gasteiger partial charge on any atom is 0.271 e. The molecule has 8 heteroatoms. The lowest BCUT2D eigenvalue weighted by molar-refractivity contribution is -0.384. The highest BCUT2D eigenvalue weighted by molar-refractivity contribution is 5.96. The van der Waals surface area contributed by atoms with Crippen LogP contribution in [0.4, 0.5) is 11.4 Å². The molecule has 1 aromatic carbocycles. The van der Waals surface area contributed by atoms with Crippen molar-refractivity contribution < 1.29 is 14.5 Å². The van der Waals surface area contributed by atoms with E-state index in [9.17, 15) is 19.7 Å². The number of anilines is 1. The summed E-state index contributed by atoms with van der Waals surface area (Å²) in [6.07, 6.45) is -0.0199. The van der Waals surface area contributed by atoms with E-state index in [1.807, 2.05) is 0 Å². The third-order valence-corrected chi connectivity index (χ3v) is 3.23. The molecule has 1 fully saturated rings. The Labute approximate surface area is 121 Å². The van der Waals surface area contributed by atoms with Crippen molar-refractivity contribution >= 4 is 23.2 Å². The first-order valence-corrected chi connectivity index (χ1v) is 6.53. The van der Waals surface area contributed by atoms with Crippen molar-refractivity contribution in [2.45, 2.75) is 19.4 Å². The number of hydrogen-bond acceptors (Lipinski definition) is 5. The molecular weight excluding hydrogens is 276 g/mol. The van der Waals surface area contributed by atoms with Gasteiger partial charge in [0.25, 0.3) is 5.69 Å². The van der Waals surface area contributed by atoms with Gasteiger partial charge < -0.3 is 16.0 Å². The zero-order chi connectivity index (χ0) is 15.4. The highest BCUT2D eigenvalue weighted by Crippen LogP contribution is 2.22. The van der Waals surface area contributed by atoms with Gasteiger partial charge in [-0.15, -0.1) is 0 Å². The molecule has 0 bridgehead atoms. The van der Waals surface area contributed by atoms with Crippen LogP contribution in [0.3, 0.4) is 0 Å². The Balaban J connectivity index is 2.03. The normalized spacial score (nSPS) is 18.0. The van der Waals surface area contributed by atoms with Gasteiger partial charge in [-0.25, -0.2) is 0 Å². The molecule has 0 saturated carbocycles. The molecule has 2 amide bonds. The molecule has 2 rings (SSSR count). The standard InChI is InChI=1S/C13H16N4O4/c1-8-2-3-9(17(20)21)6-10(8)16-12(18)7-11-13(19)15-5-4-14-11/h2-3,6,11,14H,4-5,7H2,1H3,(H,15,19)(H,16,18). The van der Waals surface area contributed by atoms with Crippen molar-refractivity contribution in [2.24, 2.45) is 0 Å². The summed E-state index contributed by atoms with van der Waals surface area (Å²) >= 11 is 0. The summed E-state index contributed by atoms with van der Waals surface area (Å²) in [5.74, 6) is -0.583. The quantitative estimate of drug-likeness (QED) is 0.546. The predicted octanol–water partition coefficient (Wildman–Crippen LogP) is 0.320. The molecule has 1 heterocycles. The van der Waals surface area contributed by atoms with Gasteiger partial charge >= 0.3 is 0 Å². The Morgan fingerprint density at radius 1 is 1.48 bits per heavy atom. The number of hydrogen-bond donors (Lipinski definition) is 3. The van der Waals surface area contributed by atoms with Crippen LogP contribution in [0.1, 0.15) is 12.0 Å². The highest BCUT2D eigenvalue weighted by atomic mass is 16.6. The number of nitro groups is 1. The number of nitrogens with zero attached hydrogens (tertiary/aromatic N) is 1. The SMILES string of the molecule is Cc1ccc([N+](=O)[O-])cc1NC(=O)CC1NCCNC1=O. The van der Waals surface area contributed by atoms with E-state index in [4.69, 9.17) is 0 Å². The average molecular weight is 292 g/mol. The van der Waals surface area contributed by atoms with Crippen LogP contribution in [0.15, 0.2) is 18.2 Å². The number of piperazine rings is 1. The van der Waals surface area contributed by atoms with Crippen molar-refractivity contribution in [2.75, 3.05) is 18.4 Å². The van der Waals surface area contributed by atoms with E-state index < -0.39 is 11.0 Å². The van der Waals surface area contributed by atoms with Crippen LogP contribution in [0.5, 0.6) is 0 Å². The Morgan fingerprint density at radius 3 is 2.90 bits per heavy atom. The van der Waals surface area contributed by atoms with Crippen LogP contribution in [0.25, 0.3) is 0 Å². The summed E-state index contributed by atoms with van der Waals surface area (Å²) in [6, 6.07) is 3.68. The molecule has 1 atom stereocenters. The fraction of sp³-hybridized carbons (Fsp3) is 0.385. The van der Waals surface area contributed by atoms with E-state index in [0.717, 1.165) is 5.56 Å². The lowest BCUT2D eigenvalue weighted by Crippen LogP contribution is -2.53. The van der Waals surface area contributed by atoms with Crippen LogP contribution < -0.4 is 16.0 Å². The second-order valence-corrected chi connectivity index (χ2v) is 4.81. The Bertz CT molecular complexity index is 588. The first-order chi connectivity index (χ1) is 9.97. The lowest BCUT2D eigenvalue weighted by atomic mass is 10.1. The molecule has 1 unspecified atom stereocenters. The van der Waals surface area contributed by atoms with E-state index >= 15 is 0 Å². The number of nitro benzene ring substituents is 1. The lowest BCUT2D eigenvalue weighted by Gasteiger charge is -2.23. The molecule has 21 heavy (non-hydrogen) atoms. The molecule has 8 nitrogen and oxygen atoms in total. The second-order valence-electron chi connectivity index (χ2n) is 4.81. The van der Waals surface area contributed by atoms with E-state index in [2.05, 4.69) is 16.0 Å². The van der Waals surface area contributed by atoms with Crippen molar-refractivity contribution in [3.05, 3.63) is 33.9 Å². The van der Waals surface area contributed by atoms with Gasteiger partial charge in [0.1, 0.15) is 0 Å². The van der Waals surface area contributed by atoms with Gasteiger partial charge in [-0.2, -0.15) is 0 Å². The van der Waals surface area contributed by atoms with Crippen LogP contribution in [0.2, 0.25) is 0 Å². The molecule has 112 valence electrons. The number of rotatable bonds is 4. The zero-order valence-corrected chi connectivity index (χ0v) is 11.5. The molecule has 0 radical (unpaired) electrons. The third kappa shape index (κ3) is 3.76. The third-order valence-electron chi connectivity index (χ3n) is 3.23. The number of non-ortho nitro benzene ring substituents is 1. The Morgan fingerprint density at radius 2 is 2.24 bits per heavy atom. The number of carbonyl (C=O) groups excluding carboxylic acids is 2. The minimum atomic E-state index is -0.572. The summed E-state index contributed by atoms with van der Waals surface area (Å²) in [5.41, 5.74) is 1.00. The molecule has 0 aromatic heterocycles. The van der Waals surface area contributed by atoms with Crippen molar-refractivity contribution in [3.8, 4) is 0 Å². The van der Waals surface area contributed by atoms with Gasteiger partial charge in [0.05, 0.1) is 23.1 Å². The summed E-state index contributed by atoms with van der Waals surface area (Å²) < 4.78 is 0. The van der Waals surface area contributed by atoms with E-state index in [1.54, 1.807) is 13.0 Å². The monoisotopic (exact) mass is 292 g/mol. The van der Waals surface area contributed by atoms with Crippen molar-refractivity contribution in [3.63, 3.8) is 0 Å². The maximum absolute atomic E-state index is 12.0. The summed E-state index contributed by atoms with van der Waals surface area (Å²) in [5, 5.41) is 19.0.